The Morgan fingerprint density at radius 3 is 3.00 bits per heavy atom. The van der Waals surface area contributed by atoms with Crippen molar-refractivity contribution in [2.75, 3.05) is 19.7 Å². The van der Waals surface area contributed by atoms with E-state index >= 15 is 0 Å². The van der Waals surface area contributed by atoms with Gasteiger partial charge >= 0.3 is 0 Å². The average Bonchev–Trinajstić information content (AvgIpc) is 3.14. The molecule has 1 amide bonds. The van der Waals surface area contributed by atoms with Crippen LogP contribution in [0.1, 0.15) is 38.5 Å². The van der Waals surface area contributed by atoms with E-state index in [0.717, 1.165) is 38.0 Å². The predicted octanol–water partition coefficient (Wildman–Crippen LogP) is 3.09. The van der Waals surface area contributed by atoms with Crippen LogP contribution in [0.4, 0.5) is 0 Å². The summed E-state index contributed by atoms with van der Waals surface area (Å²) in [5, 5.41) is 3.99. The molecule has 25 heavy (non-hydrogen) atoms. The summed E-state index contributed by atoms with van der Waals surface area (Å²) in [6, 6.07) is 9.68. The van der Waals surface area contributed by atoms with Gasteiger partial charge in [0.15, 0.2) is 0 Å². The van der Waals surface area contributed by atoms with Gasteiger partial charge in [-0.2, -0.15) is 4.98 Å². The number of amides is 1. The highest BCUT2D eigenvalue weighted by atomic mass is 16.5. The van der Waals surface area contributed by atoms with Gasteiger partial charge in [-0.25, -0.2) is 0 Å². The van der Waals surface area contributed by atoms with E-state index in [-0.39, 0.29) is 12.0 Å². The lowest BCUT2D eigenvalue weighted by molar-refractivity contribution is -0.135. The largest absolute Gasteiger partial charge is 0.376 e. The van der Waals surface area contributed by atoms with Crippen molar-refractivity contribution in [2.24, 2.45) is 0 Å². The summed E-state index contributed by atoms with van der Waals surface area (Å²) in [5.41, 5.74) is 0.913. The third kappa shape index (κ3) is 4.89. The molecule has 1 fully saturated rings. The number of carbonyl (C=O) groups is 1. The zero-order chi connectivity index (χ0) is 17.5. The van der Waals surface area contributed by atoms with E-state index in [1.807, 2.05) is 35.2 Å². The summed E-state index contributed by atoms with van der Waals surface area (Å²) in [7, 11) is 0. The molecule has 1 aliphatic rings. The van der Waals surface area contributed by atoms with E-state index < -0.39 is 0 Å². The maximum Gasteiger partial charge on any atom is 0.227 e. The zero-order valence-electron chi connectivity index (χ0n) is 14.7. The molecular weight excluding hydrogens is 318 g/mol. The number of aromatic nitrogens is 2. The third-order valence-corrected chi connectivity index (χ3v) is 4.34. The van der Waals surface area contributed by atoms with Gasteiger partial charge in [-0.15, -0.1) is 0 Å². The quantitative estimate of drug-likeness (QED) is 0.773. The van der Waals surface area contributed by atoms with Gasteiger partial charge in [0.05, 0.1) is 6.10 Å². The number of piperidine rings is 1. The molecule has 134 valence electrons. The Kier molecular flexibility index (Phi) is 6.17. The minimum absolute atomic E-state index is 0.129. The number of nitrogens with zero attached hydrogens (tertiary/aromatic N) is 3. The van der Waals surface area contributed by atoms with Crippen LogP contribution < -0.4 is 0 Å². The molecule has 1 aliphatic heterocycles. The third-order valence-electron chi connectivity index (χ3n) is 4.34. The second kappa shape index (κ2) is 8.76. The number of hydrogen-bond acceptors (Lipinski definition) is 5. The van der Waals surface area contributed by atoms with E-state index in [9.17, 15) is 4.79 Å². The van der Waals surface area contributed by atoms with Crippen molar-refractivity contribution in [3.05, 3.63) is 36.2 Å². The van der Waals surface area contributed by atoms with Crippen LogP contribution in [0.5, 0.6) is 0 Å². The van der Waals surface area contributed by atoms with Crippen molar-refractivity contribution in [3.8, 4) is 11.4 Å². The van der Waals surface area contributed by atoms with Crippen molar-refractivity contribution < 1.29 is 14.1 Å². The van der Waals surface area contributed by atoms with Crippen LogP contribution in [0, 0.1) is 0 Å². The summed E-state index contributed by atoms with van der Waals surface area (Å²) in [4.78, 5) is 18.7. The first-order valence-electron chi connectivity index (χ1n) is 9.03. The molecule has 0 saturated carbocycles. The highest BCUT2D eigenvalue weighted by molar-refractivity contribution is 5.76. The summed E-state index contributed by atoms with van der Waals surface area (Å²) in [6.07, 6.45) is 4.07. The Balaban J connectivity index is 1.50. The van der Waals surface area contributed by atoms with Gasteiger partial charge in [-0.05, 0) is 19.3 Å². The fraction of sp³-hybridized carbons (Fsp3) is 0.526. The van der Waals surface area contributed by atoms with Crippen molar-refractivity contribution in [3.63, 3.8) is 0 Å². The molecule has 3 rings (SSSR count). The molecule has 0 aliphatic carbocycles. The highest BCUT2D eigenvalue weighted by Crippen LogP contribution is 2.17. The molecule has 2 heterocycles. The maximum atomic E-state index is 12.4. The van der Waals surface area contributed by atoms with Crippen LogP contribution >= 0.6 is 0 Å². The van der Waals surface area contributed by atoms with Crippen LogP contribution in [0.3, 0.4) is 0 Å². The van der Waals surface area contributed by atoms with E-state index in [0.29, 0.717) is 31.1 Å². The summed E-state index contributed by atoms with van der Waals surface area (Å²) >= 11 is 0. The zero-order valence-corrected chi connectivity index (χ0v) is 14.7. The Bertz CT molecular complexity index is 672. The normalized spacial score (nSPS) is 17.6. The van der Waals surface area contributed by atoms with Crippen molar-refractivity contribution in [2.45, 2.75) is 45.1 Å². The monoisotopic (exact) mass is 343 g/mol. The Morgan fingerprint density at radius 2 is 2.20 bits per heavy atom. The van der Waals surface area contributed by atoms with Gasteiger partial charge in [0, 0.05) is 38.1 Å². The first-order valence-corrected chi connectivity index (χ1v) is 9.03. The topological polar surface area (TPSA) is 68.5 Å². The van der Waals surface area contributed by atoms with Crippen LogP contribution in [-0.4, -0.2) is 46.7 Å². The Hall–Kier alpha value is -2.21. The molecule has 0 unspecified atom stereocenters. The smallest absolute Gasteiger partial charge is 0.227 e. The summed E-state index contributed by atoms with van der Waals surface area (Å²) < 4.78 is 11.1. The Morgan fingerprint density at radius 1 is 1.36 bits per heavy atom. The minimum Gasteiger partial charge on any atom is -0.376 e. The second-order valence-corrected chi connectivity index (χ2v) is 6.35. The molecular formula is C19H25N3O3. The van der Waals surface area contributed by atoms with Crippen molar-refractivity contribution in [1.82, 2.24) is 15.0 Å². The van der Waals surface area contributed by atoms with E-state index in [2.05, 4.69) is 17.1 Å². The number of benzene rings is 1. The Labute approximate surface area is 148 Å². The van der Waals surface area contributed by atoms with Crippen LogP contribution in [0.2, 0.25) is 0 Å². The molecule has 1 aromatic carbocycles. The number of aryl methyl sites for hydroxylation is 1. The van der Waals surface area contributed by atoms with Crippen LogP contribution in [0.15, 0.2) is 34.9 Å². The second-order valence-electron chi connectivity index (χ2n) is 6.35. The van der Waals surface area contributed by atoms with Crippen LogP contribution in [0.25, 0.3) is 11.4 Å². The number of rotatable bonds is 7. The lowest BCUT2D eigenvalue weighted by atomic mass is 10.1. The van der Waals surface area contributed by atoms with Crippen molar-refractivity contribution in [1.29, 1.82) is 0 Å². The summed E-state index contributed by atoms with van der Waals surface area (Å²) in [5.74, 6) is 1.20. The number of hydrogen-bond donors (Lipinski definition) is 0. The number of ether oxygens (including phenoxy) is 1. The molecule has 0 spiro atoms. The first-order chi connectivity index (χ1) is 12.3. The van der Waals surface area contributed by atoms with Gasteiger partial charge < -0.3 is 14.2 Å². The van der Waals surface area contributed by atoms with Gasteiger partial charge in [0.1, 0.15) is 0 Å². The number of likely N-dealkylation sites (tertiary alicyclic amines) is 1. The molecule has 0 bridgehead atoms. The molecule has 1 saturated heterocycles. The van der Waals surface area contributed by atoms with E-state index in [1.54, 1.807) is 0 Å². The lowest BCUT2D eigenvalue weighted by Gasteiger charge is -2.32. The average molecular weight is 343 g/mol. The predicted molar refractivity (Wildman–Crippen MR) is 93.9 cm³/mol. The number of carbonyl (C=O) groups excluding carboxylic acids is 1. The van der Waals surface area contributed by atoms with Gasteiger partial charge in [0.25, 0.3) is 0 Å². The van der Waals surface area contributed by atoms with Crippen molar-refractivity contribution >= 4 is 5.91 Å². The van der Waals surface area contributed by atoms with Crippen LogP contribution in [-0.2, 0) is 16.0 Å². The molecule has 2 aromatic rings. The maximum absolute atomic E-state index is 12.4. The van der Waals surface area contributed by atoms with Gasteiger partial charge in [-0.1, -0.05) is 42.4 Å². The van der Waals surface area contributed by atoms with E-state index in [1.165, 1.54) is 0 Å². The van der Waals surface area contributed by atoms with E-state index in [4.69, 9.17) is 9.26 Å². The highest BCUT2D eigenvalue weighted by Gasteiger charge is 2.24. The van der Waals surface area contributed by atoms with Gasteiger partial charge in [-0.3, -0.25) is 4.79 Å². The lowest BCUT2D eigenvalue weighted by Crippen LogP contribution is -2.43. The summed E-state index contributed by atoms with van der Waals surface area (Å²) in [6.45, 7) is 4.36. The molecule has 0 N–H and O–H groups in total. The minimum atomic E-state index is 0.129. The molecule has 6 nitrogen and oxygen atoms in total. The molecule has 1 aromatic heterocycles. The fourth-order valence-corrected chi connectivity index (χ4v) is 3.02. The molecule has 1 atom stereocenters. The van der Waals surface area contributed by atoms with Gasteiger partial charge in [0.2, 0.25) is 17.6 Å². The molecule has 0 radical (unpaired) electrons. The SMILES string of the molecule is CCCO[C@@H]1CCCN(C(=O)CCc2nc(-c3ccccc3)no2)C1. The first kappa shape index (κ1) is 17.6. The fourth-order valence-electron chi connectivity index (χ4n) is 3.02. The molecule has 6 heteroatoms. The standard InChI is InChI=1S/C19H25N3O3/c1-2-13-24-16-9-6-12-22(14-16)18(23)11-10-17-20-19(21-25-17)15-7-4-3-5-8-15/h3-5,7-8,16H,2,6,9-14H2,1H3/t16-/m1/s1.